The molecule has 0 aliphatic carbocycles. The third kappa shape index (κ3) is 2.64. The van der Waals surface area contributed by atoms with Crippen LogP contribution in [-0.2, 0) is 4.79 Å². The van der Waals surface area contributed by atoms with Crippen LogP contribution in [0.15, 0.2) is 24.3 Å². The second-order valence-corrected chi connectivity index (χ2v) is 4.33. The summed E-state index contributed by atoms with van der Waals surface area (Å²) in [6.45, 7) is 8.06. The number of nitrogens with zero attached hydrogens (tertiary/aromatic N) is 2. The van der Waals surface area contributed by atoms with Crippen molar-refractivity contribution in [2.24, 2.45) is 0 Å². The maximum Gasteiger partial charge on any atom is 0.265 e. The Balaban J connectivity index is 2.09. The first kappa shape index (κ1) is 12.9. The Morgan fingerprint density at radius 1 is 1.28 bits per heavy atom. The van der Waals surface area contributed by atoms with Crippen LogP contribution in [-0.4, -0.2) is 43.6 Å². The topological polar surface area (TPSA) is 32.8 Å². The summed E-state index contributed by atoms with van der Waals surface area (Å²) in [5.41, 5.74) is 0.890. The number of carbonyl (C=O) groups excluding carboxylic acids is 1. The van der Waals surface area contributed by atoms with Crippen molar-refractivity contribution in [3.8, 4) is 5.75 Å². The molecule has 0 saturated carbocycles. The fraction of sp³-hybridized carbons (Fsp3) is 0.500. The van der Waals surface area contributed by atoms with E-state index in [1.807, 2.05) is 29.2 Å². The van der Waals surface area contributed by atoms with Crippen molar-refractivity contribution < 1.29 is 9.53 Å². The van der Waals surface area contributed by atoms with Crippen LogP contribution in [0.2, 0.25) is 0 Å². The molecule has 0 fully saturated rings. The number of hydrogen-bond donors (Lipinski definition) is 0. The quantitative estimate of drug-likeness (QED) is 0.796. The van der Waals surface area contributed by atoms with Crippen molar-refractivity contribution in [1.82, 2.24) is 4.90 Å². The Kier molecular flexibility index (Phi) is 4.20. The molecule has 1 aliphatic heterocycles. The maximum atomic E-state index is 11.9. The highest BCUT2D eigenvalue weighted by Gasteiger charge is 2.24. The molecule has 4 heteroatoms. The molecule has 0 N–H and O–H groups in total. The van der Waals surface area contributed by atoms with Gasteiger partial charge in [-0.05, 0) is 25.2 Å². The van der Waals surface area contributed by atoms with Crippen molar-refractivity contribution in [3.63, 3.8) is 0 Å². The summed E-state index contributed by atoms with van der Waals surface area (Å²) >= 11 is 0. The predicted molar refractivity (Wildman–Crippen MR) is 72.1 cm³/mol. The lowest BCUT2D eigenvalue weighted by Crippen LogP contribution is -2.43. The number of amides is 1. The number of carbonyl (C=O) groups is 1. The van der Waals surface area contributed by atoms with Gasteiger partial charge >= 0.3 is 0 Å². The molecule has 1 aromatic carbocycles. The molecule has 2 rings (SSSR count). The molecule has 4 nitrogen and oxygen atoms in total. The number of para-hydroxylation sites is 2. The van der Waals surface area contributed by atoms with E-state index in [1.165, 1.54) is 0 Å². The number of fused-ring (bicyclic) bond motifs is 1. The zero-order valence-corrected chi connectivity index (χ0v) is 11.1. The molecular weight excluding hydrogens is 228 g/mol. The molecule has 0 spiro atoms. The fourth-order valence-electron chi connectivity index (χ4n) is 2.18. The van der Waals surface area contributed by atoms with Crippen molar-refractivity contribution in [3.05, 3.63) is 24.3 Å². The van der Waals surface area contributed by atoms with E-state index in [0.717, 1.165) is 37.6 Å². The Morgan fingerprint density at radius 2 is 2.00 bits per heavy atom. The first-order valence-electron chi connectivity index (χ1n) is 6.50. The summed E-state index contributed by atoms with van der Waals surface area (Å²) in [5, 5.41) is 0. The third-order valence-electron chi connectivity index (χ3n) is 3.34. The second-order valence-electron chi connectivity index (χ2n) is 4.33. The van der Waals surface area contributed by atoms with Crippen LogP contribution >= 0.6 is 0 Å². The van der Waals surface area contributed by atoms with Crippen LogP contribution in [0.1, 0.15) is 13.8 Å². The van der Waals surface area contributed by atoms with E-state index in [0.29, 0.717) is 0 Å². The Labute approximate surface area is 108 Å². The highest BCUT2D eigenvalue weighted by Crippen LogP contribution is 2.31. The van der Waals surface area contributed by atoms with Crippen LogP contribution in [0.5, 0.6) is 5.75 Å². The summed E-state index contributed by atoms with van der Waals surface area (Å²) in [7, 11) is 0. The van der Waals surface area contributed by atoms with Gasteiger partial charge in [-0.2, -0.15) is 0 Å². The van der Waals surface area contributed by atoms with Crippen LogP contribution in [0.25, 0.3) is 0 Å². The summed E-state index contributed by atoms with van der Waals surface area (Å²) < 4.78 is 5.42. The number of ether oxygens (including phenoxy) is 1. The van der Waals surface area contributed by atoms with Crippen LogP contribution < -0.4 is 9.64 Å². The number of anilines is 1. The molecule has 0 atom stereocenters. The van der Waals surface area contributed by atoms with E-state index in [-0.39, 0.29) is 12.5 Å². The third-order valence-corrected chi connectivity index (χ3v) is 3.34. The fourth-order valence-corrected chi connectivity index (χ4v) is 2.18. The van der Waals surface area contributed by atoms with Gasteiger partial charge in [0.15, 0.2) is 6.61 Å². The zero-order chi connectivity index (χ0) is 13.0. The minimum atomic E-state index is 0.0425. The van der Waals surface area contributed by atoms with Gasteiger partial charge in [-0.1, -0.05) is 26.0 Å². The first-order chi connectivity index (χ1) is 8.76. The molecule has 0 unspecified atom stereocenters. The molecule has 1 heterocycles. The number of hydrogen-bond acceptors (Lipinski definition) is 3. The minimum Gasteiger partial charge on any atom is -0.482 e. The second kappa shape index (κ2) is 5.87. The number of rotatable bonds is 5. The average Bonchev–Trinajstić information content (AvgIpc) is 2.42. The number of likely N-dealkylation sites (N-methyl/N-ethyl adjacent to an activating group) is 1. The van der Waals surface area contributed by atoms with Gasteiger partial charge < -0.3 is 14.5 Å². The smallest absolute Gasteiger partial charge is 0.265 e. The van der Waals surface area contributed by atoms with Crippen LogP contribution in [0.3, 0.4) is 0 Å². The van der Waals surface area contributed by atoms with Crippen molar-refractivity contribution >= 4 is 11.6 Å². The summed E-state index contributed by atoms with van der Waals surface area (Å²) in [6, 6.07) is 7.71. The van der Waals surface area contributed by atoms with Crippen LogP contribution in [0.4, 0.5) is 5.69 Å². The molecule has 1 amide bonds. The first-order valence-corrected chi connectivity index (χ1v) is 6.50. The highest BCUT2D eigenvalue weighted by atomic mass is 16.5. The SMILES string of the molecule is CCN(CC)CCN1C(=O)COc2ccccc21. The molecule has 0 radical (unpaired) electrons. The largest absolute Gasteiger partial charge is 0.482 e. The molecule has 0 bridgehead atoms. The maximum absolute atomic E-state index is 11.9. The summed E-state index contributed by atoms with van der Waals surface area (Å²) in [6.07, 6.45) is 0. The Hall–Kier alpha value is -1.55. The molecule has 0 saturated heterocycles. The molecule has 0 aromatic heterocycles. The van der Waals surface area contributed by atoms with Gasteiger partial charge in [0.1, 0.15) is 5.75 Å². The van der Waals surface area contributed by atoms with Gasteiger partial charge in [0.05, 0.1) is 5.69 Å². The van der Waals surface area contributed by atoms with Gasteiger partial charge in [0.2, 0.25) is 0 Å². The lowest BCUT2D eigenvalue weighted by atomic mass is 10.2. The lowest BCUT2D eigenvalue weighted by molar-refractivity contribution is -0.121. The summed E-state index contributed by atoms with van der Waals surface area (Å²) in [4.78, 5) is 16.1. The number of benzene rings is 1. The molecule has 1 aromatic rings. The van der Waals surface area contributed by atoms with Gasteiger partial charge in [0.25, 0.3) is 5.91 Å². The van der Waals surface area contributed by atoms with E-state index >= 15 is 0 Å². The monoisotopic (exact) mass is 248 g/mol. The summed E-state index contributed by atoms with van der Waals surface area (Å²) in [5.74, 6) is 0.845. The van der Waals surface area contributed by atoms with Gasteiger partial charge in [-0.15, -0.1) is 0 Å². The predicted octanol–water partition coefficient (Wildman–Crippen LogP) is 1.75. The molecule has 98 valence electrons. The Morgan fingerprint density at radius 3 is 2.72 bits per heavy atom. The molecule has 18 heavy (non-hydrogen) atoms. The van der Waals surface area contributed by atoms with Crippen LogP contribution in [0, 0.1) is 0 Å². The lowest BCUT2D eigenvalue weighted by Gasteiger charge is -2.31. The normalized spacial score (nSPS) is 14.6. The average molecular weight is 248 g/mol. The van der Waals surface area contributed by atoms with Crippen molar-refractivity contribution in [2.45, 2.75) is 13.8 Å². The van der Waals surface area contributed by atoms with E-state index in [9.17, 15) is 4.79 Å². The Bertz CT molecular complexity index is 416. The standard InChI is InChI=1S/C14H20N2O2/c1-3-15(4-2)9-10-16-12-7-5-6-8-13(12)18-11-14(16)17/h5-8H,3-4,9-11H2,1-2H3. The van der Waals surface area contributed by atoms with Gasteiger partial charge in [-0.3, -0.25) is 4.79 Å². The zero-order valence-electron chi connectivity index (χ0n) is 11.1. The van der Waals surface area contributed by atoms with Crippen molar-refractivity contribution in [1.29, 1.82) is 0 Å². The molecular formula is C14H20N2O2. The molecule has 1 aliphatic rings. The minimum absolute atomic E-state index is 0.0425. The van der Waals surface area contributed by atoms with E-state index < -0.39 is 0 Å². The highest BCUT2D eigenvalue weighted by molar-refractivity contribution is 5.97. The van der Waals surface area contributed by atoms with Gasteiger partial charge in [0, 0.05) is 13.1 Å². The van der Waals surface area contributed by atoms with E-state index in [4.69, 9.17) is 4.74 Å². The van der Waals surface area contributed by atoms with Gasteiger partial charge in [-0.25, -0.2) is 0 Å². The van der Waals surface area contributed by atoms with E-state index in [1.54, 1.807) is 0 Å². The van der Waals surface area contributed by atoms with E-state index in [2.05, 4.69) is 18.7 Å². The van der Waals surface area contributed by atoms with Crippen molar-refractivity contribution in [2.75, 3.05) is 37.7 Å².